The van der Waals surface area contributed by atoms with Crippen molar-refractivity contribution in [3.05, 3.63) is 53.6 Å². The van der Waals surface area contributed by atoms with E-state index in [0.29, 0.717) is 30.2 Å². The van der Waals surface area contributed by atoms with E-state index in [0.717, 1.165) is 25.4 Å². The van der Waals surface area contributed by atoms with Crippen LogP contribution < -0.4 is 14.2 Å². The Morgan fingerprint density at radius 1 is 0.852 bits per heavy atom. The van der Waals surface area contributed by atoms with Crippen LogP contribution in [0.25, 0.3) is 0 Å². The van der Waals surface area contributed by atoms with E-state index in [-0.39, 0.29) is 5.91 Å². The first-order valence-electron chi connectivity index (χ1n) is 9.01. The molecule has 1 aliphatic heterocycles. The molecule has 0 spiro atoms. The van der Waals surface area contributed by atoms with Gasteiger partial charge in [-0.2, -0.15) is 0 Å². The van der Waals surface area contributed by atoms with Crippen molar-refractivity contribution in [1.82, 2.24) is 9.80 Å². The van der Waals surface area contributed by atoms with E-state index in [9.17, 15) is 4.79 Å². The van der Waals surface area contributed by atoms with Gasteiger partial charge in [0.2, 0.25) is 0 Å². The number of nitrogens with zero attached hydrogens (tertiary/aromatic N) is 2. The van der Waals surface area contributed by atoms with E-state index < -0.39 is 0 Å². The molecule has 1 saturated heterocycles. The standard InChI is InChI=1S/C21H26N2O4/c1-25-17-9-7-16(8-10-17)15-22-11-13-23(14-12-22)21(24)20-18(26-2)5-4-6-19(20)27-3/h4-10H,11-15H2,1-3H3. The maximum Gasteiger partial charge on any atom is 0.261 e. The summed E-state index contributed by atoms with van der Waals surface area (Å²) in [6.45, 7) is 3.88. The smallest absolute Gasteiger partial charge is 0.261 e. The van der Waals surface area contributed by atoms with Crippen molar-refractivity contribution in [3.8, 4) is 17.2 Å². The van der Waals surface area contributed by atoms with Gasteiger partial charge in [0.15, 0.2) is 0 Å². The number of piperazine rings is 1. The van der Waals surface area contributed by atoms with Crippen molar-refractivity contribution in [3.63, 3.8) is 0 Å². The number of ether oxygens (including phenoxy) is 3. The quantitative estimate of drug-likeness (QED) is 0.783. The van der Waals surface area contributed by atoms with Crippen molar-refractivity contribution < 1.29 is 19.0 Å². The lowest BCUT2D eigenvalue weighted by molar-refractivity contribution is 0.0622. The summed E-state index contributed by atoms with van der Waals surface area (Å²) in [5, 5.41) is 0. The summed E-state index contributed by atoms with van der Waals surface area (Å²) in [4.78, 5) is 17.2. The summed E-state index contributed by atoms with van der Waals surface area (Å²) in [6.07, 6.45) is 0. The molecule has 0 aliphatic carbocycles. The van der Waals surface area contributed by atoms with Gasteiger partial charge in [-0.05, 0) is 29.8 Å². The first kappa shape index (κ1) is 19.0. The Hall–Kier alpha value is -2.73. The minimum atomic E-state index is -0.0478. The summed E-state index contributed by atoms with van der Waals surface area (Å²) >= 11 is 0. The number of rotatable bonds is 6. The third-order valence-corrected chi connectivity index (χ3v) is 4.87. The summed E-state index contributed by atoms with van der Waals surface area (Å²) in [5.74, 6) is 1.90. The molecule has 1 fully saturated rings. The van der Waals surface area contributed by atoms with Crippen molar-refractivity contribution in [2.24, 2.45) is 0 Å². The fourth-order valence-corrected chi connectivity index (χ4v) is 3.32. The molecule has 0 radical (unpaired) electrons. The molecule has 27 heavy (non-hydrogen) atoms. The van der Waals surface area contributed by atoms with Gasteiger partial charge in [0.1, 0.15) is 22.8 Å². The van der Waals surface area contributed by atoms with Crippen molar-refractivity contribution in [2.45, 2.75) is 6.54 Å². The van der Waals surface area contributed by atoms with Gasteiger partial charge in [0, 0.05) is 32.7 Å². The highest BCUT2D eigenvalue weighted by Gasteiger charge is 2.27. The minimum Gasteiger partial charge on any atom is -0.497 e. The Morgan fingerprint density at radius 3 is 1.96 bits per heavy atom. The van der Waals surface area contributed by atoms with E-state index in [1.165, 1.54) is 5.56 Å². The van der Waals surface area contributed by atoms with Crippen LogP contribution in [0.5, 0.6) is 17.2 Å². The topological polar surface area (TPSA) is 51.2 Å². The predicted molar refractivity (Wildman–Crippen MR) is 104 cm³/mol. The second kappa shape index (κ2) is 8.77. The Morgan fingerprint density at radius 2 is 1.44 bits per heavy atom. The molecule has 0 unspecified atom stereocenters. The molecule has 3 rings (SSSR count). The number of amides is 1. The highest BCUT2D eigenvalue weighted by atomic mass is 16.5. The summed E-state index contributed by atoms with van der Waals surface area (Å²) in [7, 11) is 4.80. The number of benzene rings is 2. The zero-order valence-electron chi connectivity index (χ0n) is 16.1. The van der Waals surface area contributed by atoms with Gasteiger partial charge >= 0.3 is 0 Å². The summed E-state index contributed by atoms with van der Waals surface area (Å²) in [5.41, 5.74) is 1.73. The molecule has 1 amide bonds. The zero-order valence-corrected chi connectivity index (χ0v) is 16.1. The van der Waals surface area contributed by atoms with Gasteiger partial charge < -0.3 is 19.1 Å². The fourth-order valence-electron chi connectivity index (χ4n) is 3.32. The molecule has 0 atom stereocenters. The van der Waals surface area contributed by atoms with Crippen LogP contribution >= 0.6 is 0 Å². The number of methoxy groups -OCH3 is 3. The molecule has 1 heterocycles. The molecular formula is C21H26N2O4. The Bertz CT molecular complexity index is 746. The number of carbonyl (C=O) groups excluding carboxylic acids is 1. The molecule has 6 heteroatoms. The van der Waals surface area contributed by atoms with E-state index in [4.69, 9.17) is 14.2 Å². The zero-order chi connectivity index (χ0) is 19.2. The van der Waals surface area contributed by atoms with E-state index in [1.807, 2.05) is 23.1 Å². The average molecular weight is 370 g/mol. The Balaban J connectivity index is 1.62. The van der Waals surface area contributed by atoms with Gasteiger partial charge in [-0.25, -0.2) is 0 Å². The molecule has 6 nitrogen and oxygen atoms in total. The van der Waals surface area contributed by atoms with Gasteiger partial charge in [-0.3, -0.25) is 9.69 Å². The van der Waals surface area contributed by atoms with E-state index in [2.05, 4.69) is 17.0 Å². The number of hydrogen-bond acceptors (Lipinski definition) is 5. The highest BCUT2D eigenvalue weighted by Crippen LogP contribution is 2.30. The Labute approximate surface area is 160 Å². The van der Waals surface area contributed by atoms with Crippen molar-refractivity contribution in [1.29, 1.82) is 0 Å². The van der Waals surface area contributed by atoms with Gasteiger partial charge in [0.05, 0.1) is 21.3 Å². The predicted octanol–water partition coefficient (Wildman–Crippen LogP) is 2.67. The van der Waals surface area contributed by atoms with E-state index >= 15 is 0 Å². The monoisotopic (exact) mass is 370 g/mol. The van der Waals surface area contributed by atoms with Crippen LogP contribution in [0.15, 0.2) is 42.5 Å². The molecule has 2 aromatic rings. The van der Waals surface area contributed by atoms with Crippen LogP contribution in [0.3, 0.4) is 0 Å². The van der Waals surface area contributed by atoms with Gasteiger partial charge in [-0.15, -0.1) is 0 Å². The van der Waals surface area contributed by atoms with Crippen molar-refractivity contribution >= 4 is 5.91 Å². The molecule has 2 aromatic carbocycles. The van der Waals surface area contributed by atoms with Gasteiger partial charge in [0.25, 0.3) is 5.91 Å². The summed E-state index contributed by atoms with van der Waals surface area (Å²) < 4.78 is 15.9. The highest BCUT2D eigenvalue weighted by molar-refractivity contribution is 5.99. The van der Waals surface area contributed by atoms with E-state index in [1.54, 1.807) is 33.5 Å². The van der Waals surface area contributed by atoms with Crippen LogP contribution in [-0.2, 0) is 6.54 Å². The molecule has 1 aliphatic rings. The minimum absolute atomic E-state index is 0.0478. The SMILES string of the molecule is COc1ccc(CN2CCN(C(=O)c3c(OC)cccc3OC)CC2)cc1. The molecule has 0 bridgehead atoms. The second-order valence-corrected chi connectivity index (χ2v) is 6.45. The molecule has 144 valence electrons. The van der Waals surface area contributed by atoms with Crippen LogP contribution in [0.4, 0.5) is 0 Å². The fraction of sp³-hybridized carbons (Fsp3) is 0.381. The first-order chi connectivity index (χ1) is 13.2. The lowest BCUT2D eigenvalue weighted by atomic mass is 10.1. The second-order valence-electron chi connectivity index (χ2n) is 6.45. The average Bonchev–Trinajstić information content (AvgIpc) is 2.73. The van der Waals surface area contributed by atoms with Crippen LogP contribution in [-0.4, -0.2) is 63.2 Å². The largest absolute Gasteiger partial charge is 0.497 e. The third kappa shape index (κ3) is 4.34. The molecule has 0 saturated carbocycles. The van der Waals surface area contributed by atoms with Crippen LogP contribution in [0.1, 0.15) is 15.9 Å². The molecular weight excluding hydrogens is 344 g/mol. The normalized spacial score (nSPS) is 14.7. The lowest BCUT2D eigenvalue weighted by Crippen LogP contribution is -2.48. The van der Waals surface area contributed by atoms with Crippen LogP contribution in [0.2, 0.25) is 0 Å². The van der Waals surface area contributed by atoms with Gasteiger partial charge in [-0.1, -0.05) is 18.2 Å². The van der Waals surface area contributed by atoms with Crippen molar-refractivity contribution in [2.75, 3.05) is 47.5 Å². The molecule has 0 aromatic heterocycles. The maximum atomic E-state index is 13.0. The Kier molecular flexibility index (Phi) is 6.19. The third-order valence-electron chi connectivity index (χ3n) is 4.87. The lowest BCUT2D eigenvalue weighted by Gasteiger charge is -2.35. The van der Waals surface area contributed by atoms with Crippen LogP contribution in [0, 0.1) is 0 Å². The number of hydrogen-bond donors (Lipinski definition) is 0. The molecule has 0 N–H and O–H groups in total. The first-order valence-corrected chi connectivity index (χ1v) is 9.01. The summed E-state index contributed by atoms with van der Waals surface area (Å²) in [6, 6.07) is 13.5. The number of carbonyl (C=O) groups is 1. The maximum absolute atomic E-state index is 13.0.